The second kappa shape index (κ2) is 4.73. The van der Waals surface area contributed by atoms with E-state index < -0.39 is 5.82 Å². The molecule has 0 radical (unpaired) electrons. The molecule has 0 amide bonds. The molecule has 88 valence electrons. The molecule has 0 saturated heterocycles. The minimum Gasteiger partial charge on any atom is -0.435 e. The highest BCUT2D eigenvalue weighted by molar-refractivity contribution is 6.32. The van der Waals surface area contributed by atoms with E-state index in [1.54, 1.807) is 0 Å². The van der Waals surface area contributed by atoms with Gasteiger partial charge in [-0.25, -0.2) is 9.37 Å². The van der Waals surface area contributed by atoms with E-state index >= 15 is 0 Å². The first kappa shape index (κ1) is 11.9. The van der Waals surface area contributed by atoms with Crippen molar-refractivity contribution in [3.05, 3.63) is 40.5 Å². The monoisotopic (exact) mass is 273 g/mol. The molecule has 4 nitrogen and oxygen atoms in total. The van der Waals surface area contributed by atoms with Crippen molar-refractivity contribution in [1.29, 1.82) is 0 Å². The molecule has 0 aliphatic rings. The number of rotatable bonds is 2. The molecule has 0 atom stereocenters. The quantitative estimate of drug-likeness (QED) is 0.853. The van der Waals surface area contributed by atoms with E-state index in [-0.39, 0.29) is 27.6 Å². The van der Waals surface area contributed by atoms with Crippen LogP contribution in [0.15, 0.2) is 24.4 Å². The molecule has 1 aromatic carbocycles. The SMILES string of the molecule is Nc1cnc(Cl)nc1Oc1ccc(F)cc1Cl. The lowest BCUT2D eigenvalue weighted by molar-refractivity contribution is 0.463. The number of nitrogen functional groups attached to an aromatic ring is 1. The number of anilines is 1. The Balaban J connectivity index is 2.34. The van der Waals surface area contributed by atoms with Gasteiger partial charge < -0.3 is 10.5 Å². The minimum absolute atomic E-state index is 0.00701. The van der Waals surface area contributed by atoms with Crippen LogP contribution >= 0.6 is 23.2 Å². The maximum absolute atomic E-state index is 12.8. The Bertz CT molecular complexity index is 565. The zero-order valence-corrected chi connectivity index (χ0v) is 9.84. The fourth-order valence-corrected chi connectivity index (χ4v) is 1.43. The normalized spacial score (nSPS) is 10.3. The van der Waals surface area contributed by atoms with Gasteiger partial charge in [-0.2, -0.15) is 4.98 Å². The molecule has 2 N–H and O–H groups in total. The van der Waals surface area contributed by atoms with Gasteiger partial charge in [0, 0.05) is 0 Å². The van der Waals surface area contributed by atoms with E-state index in [0.29, 0.717) is 0 Å². The molecule has 0 unspecified atom stereocenters. The van der Waals surface area contributed by atoms with E-state index in [1.807, 2.05) is 0 Å². The summed E-state index contributed by atoms with van der Waals surface area (Å²) in [6, 6.07) is 3.70. The van der Waals surface area contributed by atoms with Crippen LogP contribution in [0.1, 0.15) is 0 Å². The number of hydrogen-bond donors (Lipinski definition) is 1. The van der Waals surface area contributed by atoms with Crippen LogP contribution in [0, 0.1) is 5.82 Å². The third-order valence-electron chi connectivity index (χ3n) is 1.85. The molecule has 0 bridgehead atoms. The Hall–Kier alpha value is -1.59. The summed E-state index contributed by atoms with van der Waals surface area (Å²) in [5.41, 5.74) is 5.79. The van der Waals surface area contributed by atoms with Crippen molar-refractivity contribution < 1.29 is 9.13 Å². The van der Waals surface area contributed by atoms with Gasteiger partial charge in [0.25, 0.3) is 0 Å². The van der Waals surface area contributed by atoms with Gasteiger partial charge in [-0.15, -0.1) is 0 Å². The number of ether oxygens (including phenoxy) is 1. The average Bonchev–Trinajstić information content (AvgIpc) is 2.27. The van der Waals surface area contributed by atoms with Crippen LogP contribution in [0.4, 0.5) is 10.1 Å². The summed E-state index contributed by atoms with van der Waals surface area (Å²) >= 11 is 11.4. The molecule has 0 aliphatic heterocycles. The van der Waals surface area contributed by atoms with Gasteiger partial charge in [-0.3, -0.25) is 0 Å². The summed E-state index contributed by atoms with van der Waals surface area (Å²) in [7, 11) is 0. The molecule has 2 rings (SSSR count). The summed E-state index contributed by atoms with van der Waals surface area (Å²) in [6.45, 7) is 0. The second-order valence-electron chi connectivity index (χ2n) is 3.08. The van der Waals surface area contributed by atoms with Gasteiger partial charge in [0.15, 0.2) is 0 Å². The largest absolute Gasteiger partial charge is 0.435 e. The van der Waals surface area contributed by atoms with Crippen LogP contribution in [-0.2, 0) is 0 Å². The minimum atomic E-state index is -0.462. The van der Waals surface area contributed by atoms with Gasteiger partial charge in [-0.1, -0.05) is 11.6 Å². The summed E-state index contributed by atoms with van der Waals surface area (Å²) in [6.07, 6.45) is 1.31. The first-order valence-corrected chi connectivity index (χ1v) is 5.23. The summed E-state index contributed by atoms with van der Waals surface area (Å²) in [5.74, 6) is -0.163. The van der Waals surface area contributed by atoms with Crippen LogP contribution in [0.2, 0.25) is 10.3 Å². The summed E-state index contributed by atoms with van der Waals surface area (Å²) in [4.78, 5) is 7.46. The molecule has 1 aromatic heterocycles. The van der Waals surface area contributed by atoms with E-state index in [4.69, 9.17) is 33.7 Å². The van der Waals surface area contributed by atoms with E-state index in [0.717, 1.165) is 6.07 Å². The van der Waals surface area contributed by atoms with Gasteiger partial charge in [-0.05, 0) is 29.8 Å². The van der Waals surface area contributed by atoms with Crippen molar-refractivity contribution in [2.45, 2.75) is 0 Å². The van der Waals surface area contributed by atoms with Gasteiger partial charge in [0.1, 0.15) is 17.3 Å². The lowest BCUT2D eigenvalue weighted by Crippen LogP contribution is -1.97. The van der Waals surface area contributed by atoms with Gasteiger partial charge >= 0.3 is 0 Å². The number of nitrogens with zero attached hydrogens (tertiary/aromatic N) is 2. The first-order chi connectivity index (χ1) is 8.06. The fraction of sp³-hybridized carbons (Fsp3) is 0. The topological polar surface area (TPSA) is 61.0 Å². The van der Waals surface area contributed by atoms with Gasteiger partial charge in [0.05, 0.1) is 11.2 Å². The average molecular weight is 274 g/mol. The maximum Gasteiger partial charge on any atom is 0.247 e. The zero-order valence-electron chi connectivity index (χ0n) is 8.32. The number of nitrogens with two attached hydrogens (primary N) is 1. The number of halogens is 3. The van der Waals surface area contributed by atoms with Crippen LogP contribution in [0.25, 0.3) is 0 Å². The molecule has 2 aromatic rings. The van der Waals surface area contributed by atoms with Crippen molar-refractivity contribution >= 4 is 28.9 Å². The van der Waals surface area contributed by atoms with Crippen molar-refractivity contribution in [2.75, 3.05) is 5.73 Å². The summed E-state index contributed by atoms with van der Waals surface area (Å²) in [5, 5.41) is 0.103. The fourth-order valence-electron chi connectivity index (χ4n) is 1.10. The molecule has 17 heavy (non-hydrogen) atoms. The molecule has 0 spiro atoms. The van der Waals surface area contributed by atoms with E-state index in [1.165, 1.54) is 18.3 Å². The Morgan fingerprint density at radius 3 is 2.76 bits per heavy atom. The standard InChI is InChI=1S/C10H6Cl2FN3O/c11-6-3-5(13)1-2-8(6)17-9-7(14)4-15-10(12)16-9/h1-4H,14H2. The number of benzene rings is 1. The smallest absolute Gasteiger partial charge is 0.247 e. The molecule has 1 heterocycles. The number of hydrogen-bond acceptors (Lipinski definition) is 4. The third kappa shape index (κ3) is 2.75. The zero-order chi connectivity index (χ0) is 12.4. The van der Waals surface area contributed by atoms with Crippen LogP contribution in [0.5, 0.6) is 11.6 Å². The van der Waals surface area contributed by atoms with Gasteiger partial charge in [0.2, 0.25) is 11.2 Å². The summed E-state index contributed by atoms with van der Waals surface area (Å²) < 4.78 is 18.1. The van der Waals surface area contributed by atoms with Crippen molar-refractivity contribution in [3.8, 4) is 11.6 Å². The Labute approximate surface area is 106 Å². The predicted molar refractivity (Wildman–Crippen MR) is 62.9 cm³/mol. The van der Waals surface area contributed by atoms with Crippen molar-refractivity contribution in [3.63, 3.8) is 0 Å². The van der Waals surface area contributed by atoms with Crippen LogP contribution < -0.4 is 10.5 Å². The molecular weight excluding hydrogens is 268 g/mol. The van der Waals surface area contributed by atoms with Crippen LogP contribution in [0.3, 0.4) is 0 Å². The number of aromatic nitrogens is 2. The Kier molecular flexibility index (Phi) is 3.31. The molecule has 0 saturated carbocycles. The molecule has 7 heteroatoms. The maximum atomic E-state index is 12.8. The van der Waals surface area contributed by atoms with E-state index in [9.17, 15) is 4.39 Å². The van der Waals surface area contributed by atoms with Crippen molar-refractivity contribution in [2.24, 2.45) is 0 Å². The third-order valence-corrected chi connectivity index (χ3v) is 2.33. The van der Waals surface area contributed by atoms with Crippen LogP contribution in [-0.4, -0.2) is 9.97 Å². The molecule has 0 aliphatic carbocycles. The highest BCUT2D eigenvalue weighted by atomic mass is 35.5. The lowest BCUT2D eigenvalue weighted by atomic mass is 10.3. The predicted octanol–water partition coefficient (Wildman–Crippen LogP) is 3.30. The first-order valence-electron chi connectivity index (χ1n) is 4.47. The van der Waals surface area contributed by atoms with Crippen molar-refractivity contribution in [1.82, 2.24) is 9.97 Å². The Morgan fingerprint density at radius 2 is 2.06 bits per heavy atom. The van der Waals surface area contributed by atoms with E-state index in [2.05, 4.69) is 9.97 Å². The highest BCUT2D eigenvalue weighted by Gasteiger charge is 2.09. The molecule has 0 fully saturated rings. The Morgan fingerprint density at radius 1 is 1.29 bits per heavy atom. The lowest BCUT2D eigenvalue weighted by Gasteiger charge is -2.08. The second-order valence-corrected chi connectivity index (χ2v) is 3.82. The molecular formula is C10H6Cl2FN3O. The highest BCUT2D eigenvalue weighted by Crippen LogP contribution is 2.31.